The second-order valence-corrected chi connectivity index (χ2v) is 7.45. The number of carbonyl (C=O) groups excluding carboxylic acids is 3. The molecule has 1 aliphatic heterocycles. The summed E-state index contributed by atoms with van der Waals surface area (Å²) in [6.45, 7) is 0.255. The Morgan fingerprint density at radius 3 is 2.66 bits per heavy atom. The number of nitrogens with zero attached hydrogens (tertiary/aromatic N) is 1. The molecule has 1 aliphatic rings. The maximum atomic E-state index is 12.6. The van der Waals surface area contributed by atoms with E-state index in [1.165, 1.54) is 0 Å². The fourth-order valence-corrected chi connectivity index (χ4v) is 3.52. The average molecular weight is 413 g/mol. The van der Waals surface area contributed by atoms with E-state index < -0.39 is 12.1 Å². The number of nitrogens with one attached hydrogen (secondary N) is 2. The van der Waals surface area contributed by atoms with Gasteiger partial charge in [0.1, 0.15) is 11.8 Å². The Morgan fingerprint density at radius 1 is 1.21 bits per heavy atom. The highest BCUT2D eigenvalue weighted by molar-refractivity contribution is 7.98. The quantitative estimate of drug-likeness (QED) is 0.513. The van der Waals surface area contributed by atoms with Crippen molar-refractivity contribution in [1.82, 2.24) is 10.2 Å². The number of methoxy groups -OCH3 is 1. The molecule has 0 spiro atoms. The Bertz CT molecular complexity index is 901. The maximum absolute atomic E-state index is 12.6. The number of thioether (sulfide) groups is 1. The van der Waals surface area contributed by atoms with Crippen LogP contribution in [0.3, 0.4) is 0 Å². The van der Waals surface area contributed by atoms with Crippen LogP contribution in [0.2, 0.25) is 0 Å². The lowest BCUT2D eigenvalue weighted by Gasteiger charge is -2.13. The van der Waals surface area contributed by atoms with Crippen molar-refractivity contribution in [2.75, 3.05) is 25.2 Å². The van der Waals surface area contributed by atoms with Crippen molar-refractivity contribution in [2.24, 2.45) is 0 Å². The second kappa shape index (κ2) is 9.47. The molecule has 0 bridgehead atoms. The van der Waals surface area contributed by atoms with Gasteiger partial charge >= 0.3 is 6.03 Å². The van der Waals surface area contributed by atoms with Crippen LogP contribution in [0.4, 0.5) is 10.5 Å². The van der Waals surface area contributed by atoms with E-state index in [1.54, 1.807) is 24.9 Å². The monoisotopic (exact) mass is 413 g/mol. The molecule has 2 aromatic rings. The highest BCUT2D eigenvalue weighted by Gasteiger charge is 2.38. The van der Waals surface area contributed by atoms with E-state index in [-0.39, 0.29) is 24.8 Å². The van der Waals surface area contributed by atoms with Crippen molar-refractivity contribution in [2.45, 2.75) is 23.8 Å². The Labute approximate surface area is 173 Å². The molecule has 0 unspecified atom stereocenters. The van der Waals surface area contributed by atoms with Gasteiger partial charge in [-0.15, -0.1) is 11.8 Å². The molecule has 1 atom stereocenters. The van der Waals surface area contributed by atoms with Gasteiger partial charge in [-0.05, 0) is 48.6 Å². The van der Waals surface area contributed by atoms with Gasteiger partial charge in [-0.3, -0.25) is 14.5 Å². The molecular weight excluding hydrogens is 390 g/mol. The largest absolute Gasteiger partial charge is 0.497 e. The lowest BCUT2D eigenvalue weighted by Crippen LogP contribution is -2.34. The zero-order valence-electron chi connectivity index (χ0n) is 16.3. The highest BCUT2D eigenvalue weighted by Crippen LogP contribution is 2.20. The summed E-state index contributed by atoms with van der Waals surface area (Å²) < 4.78 is 5.12. The number of anilines is 1. The van der Waals surface area contributed by atoms with Gasteiger partial charge in [0.25, 0.3) is 5.91 Å². The summed E-state index contributed by atoms with van der Waals surface area (Å²) >= 11 is 1.57. The molecule has 3 rings (SSSR count). The van der Waals surface area contributed by atoms with E-state index >= 15 is 0 Å². The lowest BCUT2D eigenvalue weighted by molar-refractivity contribution is -0.129. The number of imide groups is 1. The van der Waals surface area contributed by atoms with Crippen LogP contribution in [0.15, 0.2) is 53.4 Å². The number of rotatable bonds is 8. The second-order valence-electron chi connectivity index (χ2n) is 6.57. The smallest absolute Gasteiger partial charge is 0.324 e. The van der Waals surface area contributed by atoms with Crippen molar-refractivity contribution in [3.05, 3.63) is 54.1 Å². The molecule has 1 fully saturated rings. The first-order valence-corrected chi connectivity index (χ1v) is 10.4. The molecule has 152 valence electrons. The van der Waals surface area contributed by atoms with Crippen LogP contribution >= 0.6 is 11.8 Å². The number of hydrogen-bond donors (Lipinski definition) is 2. The molecule has 1 saturated heterocycles. The molecule has 29 heavy (non-hydrogen) atoms. The fraction of sp³-hybridized carbons (Fsp3) is 0.286. The van der Waals surface area contributed by atoms with Crippen LogP contribution in [-0.2, 0) is 16.0 Å². The summed E-state index contributed by atoms with van der Waals surface area (Å²) in [5, 5.41) is 5.38. The van der Waals surface area contributed by atoms with Crippen molar-refractivity contribution in [3.63, 3.8) is 0 Å². The third kappa shape index (κ3) is 5.29. The third-order valence-corrected chi connectivity index (χ3v) is 5.36. The molecule has 0 saturated carbocycles. The molecule has 4 amide bonds. The standard InChI is InChI=1S/C21H23N3O4S/c1-28-16-8-6-14(7-9-16)10-11-24-20(26)18(23-21(24)27)13-19(25)22-15-4-3-5-17(12-15)29-2/h3-9,12,18H,10-11,13H2,1-2H3,(H,22,25)(H,23,27)/t18-/m0/s1. The molecule has 2 aromatic carbocycles. The number of hydrogen-bond acceptors (Lipinski definition) is 5. The van der Waals surface area contributed by atoms with Gasteiger partial charge in [0, 0.05) is 17.1 Å². The third-order valence-electron chi connectivity index (χ3n) is 4.63. The van der Waals surface area contributed by atoms with E-state index in [9.17, 15) is 14.4 Å². The first-order valence-electron chi connectivity index (χ1n) is 9.19. The van der Waals surface area contributed by atoms with Gasteiger partial charge in [0.15, 0.2) is 0 Å². The Morgan fingerprint density at radius 2 is 1.97 bits per heavy atom. The number of benzene rings is 2. The SMILES string of the molecule is COc1ccc(CCN2C(=O)N[C@@H](CC(=O)Nc3cccc(SC)c3)C2=O)cc1. The first kappa shape index (κ1) is 20.7. The Hall–Kier alpha value is -3.00. The summed E-state index contributed by atoms with van der Waals surface area (Å²) in [4.78, 5) is 39.2. The van der Waals surface area contributed by atoms with Crippen molar-refractivity contribution in [3.8, 4) is 5.75 Å². The van der Waals surface area contributed by atoms with Gasteiger partial charge in [0.2, 0.25) is 5.91 Å². The molecule has 2 N–H and O–H groups in total. The van der Waals surface area contributed by atoms with Crippen LogP contribution in [0, 0.1) is 0 Å². The van der Waals surface area contributed by atoms with Gasteiger partial charge in [-0.2, -0.15) is 0 Å². The minimum atomic E-state index is -0.845. The van der Waals surface area contributed by atoms with Crippen molar-refractivity contribution in [1.29, 1.82) is 0 Å². The van der Waals surface area contributed by atoms with E-state index in [0.717, 1.165) is 21.1 Å². The van der Waals surface area contributed by atoms with Gasteiger partial charge < -0.3 is 15.4 Å². The summed E-state index contributed by atoms with van der Waals surface area (Å²) in [5.41, 5.74) is 1.65. The highest BCUT2D eigenvalue weighted by atomic mass is 32.2. The fourth-order valence-electron chi connectivity index (χ4n) is 3.06. The minimum absolute atomic E-state index is 0.104. The zero-order chi connectivity index (χ0) is 20.8. The van der Waals surface area contributed by atoms with E-state index in [1.807, 2.05) is 48.7 Å². The predicted octanol–water partition coefficient (Wildman–Crippen LogP) is 2.91. The number of urea groups is 1. The van der Waals surface area contributed by atoms with Crippen LogP contribution in [0.1, 0.15) is 12.0 Å². The molecule has 0 aliphatic carbocycles. The number of carbonyl (C=O) groups is 3. The zero-order valence-corrected chi connectivity index (χ0v) is 17.1. The lowest BCUT2D eigenvalue weighted by atomic mass is 10.1. The Balaban J connectivity index is 1.54. The molecule has 0 radical (unpaired) electrons. The normalized spacial score (nSPS) is 15.9. The molecule has 1 heterocycles. The predicted molar refractivity (Wildman–Crippen MR) is 112 cm³/mol. The number of amides is 4. The summed E-state index contributed by atoms with van der Waals surface area (Å²) in [7, 11) is 1.60. The summed E-state index contributed by atoms with van der Waals surface area (Å²) in [6, 6.07) is 13.6. The summed E-state index contributed by atoms with van der Waals surface area (Å²) in [5.74, 6) is 0.0494. The molecule has 8 heteroatoms. The topological polar surface area (TPSA) is 87.7 Å². The minimum Gasteiger partial charge on any atom is -0.497 e. The molecular formula is C21H23N3O4S. The average Bonchev–Trinajstić information content (AvgIpc) is 2.99. The van der Waals surface area contributed by atoms with Gasteiger partial charge in [-0.25, -0.2) is 4.79 Å². The van der Waals surface area contributed by atoms with Crippen LogP contribution in [-0.4, -0.2) is 48.7 Å². The van der Waals surface area contributed by atoms with E-state index in [0.29, 0.717) is 12.1 Å². The summed E-state index contributed by atoms with van der Waals surface area (Å²) in [6.07, 6.45) is 2.38. The van der Waals surface area contributed by atoms with Crippen molar-refractivity contribution < 1.29 is 19.1 Å². The van der Waals surface area contributed by atoms with Gasteiger partial charge in [-0.1, -0.05) is 18.2 Å². The molecule has 7 nitrogen and oxygen atoms in total. The van der Waals surface area contributed by atoms with E-state index in [4.69, 9.17) is 4.74 Å². The maximum Gasteiger partial charge on any atom is 0.324 e. The number of ether oxygens (including phenoxy) is 1. The van der Waals surface area contributed by atoms with Crippen LogP contribution in [0.25, 0.3) is 0 Å². The van der Waals surface area contributed by atoms with Crippen molar-refractivity contribution >= 4 is 35.3 Å². The first-order chi connectivity index (χ1) is 14.0. The van der Waals surface area contributed by atoms with E-state index in [2.05, 4.69) is 10.6 Å². The molecule has 0 aromatic heterocycles. The van der Waals surface area contributed by atoms with Crippen LogP contribution in [0.5, 0.6) is 5.75 Å². The van der Waals surface area contributed by atoms with Crippen LogP contribution < -0.4 is 15.4 Å². The van der Waals surface area contributed by atoms with Gasteiger partial charge in [0.05, 0.1) is 13.5 Å². The Kier molecular flexibility index (Phi) is 6.77.